The number of oxime groups is 1. The van der Waals surface area contributed by atoms with Crippen molar-refractivity contribution in [2.45, 2.75) is 38.8 Å². The van der Waals surface area contributed by atoms with E-state index in [1.807, 2.05) is 31.2 Å². The molecule has 0 saturated carbocycles. The fourth-order valence-corrected chi connectivity index (χ4v) is 3.04. The molecular formula is C21H24N2O3. The second-order valence-corrected chi connectivity index (χ2v) is 6.42. The van der Waals surface area contributed by atoms with Crippen molar-refractivity contribution >= 4 is 11.6 Å². The van der Waals surface area contributed by atoms with Gasteiger partial charge in [-0.05, 0) is 31.0 Å². The Hall–Kier alpha value is -2.82. The molecule has 0 aliphatic carbocycles. The summed E-state index contributed by atoms with van der Waals surface area (Å²) in [5.41, 5.74) is 3.88. The number of nitrogens with one attached hydrogen (secondary N) is 1. The molecule has 0 saturated heterocycles. The van der Waals surface area contributed by atoms with Gasteiger partial charge in [-0.3, -0.25) is 4.79 Å². The number of amides is 1. The van der Waals surface area contributed by atoms with E-state index in [9.17, 15) is 4.79 Å². The molecule has 0 spiro atoms. The van der Waals surface area contributed by atoms with Crippen molar-refractivity contribution in [1.29, 1.82) is 0 Å². The molecule has 1 amide bonds. The molecule has 136 valence electrons. The van der Waals surface area contributed by atoms with E-state index in [0.717, 1.165) is 29.0 Å². The molecule has 1 aliphatic heterocycles. The molecule has 5 heteroatoms. The van der Waals surface area contributed by atoms with Gasteiger partial charge in [0.2, 0.25) is 6.10 Å². The molecule has 5 nitrogen and oxygen atoms in total. The number of nitrogens with zero attached hydrogens (tertiary/aromatic N) is 1. The molecule has 3 rings (SSSR count). The van der Waals surface area contributed by atoms with E-state index in [-0.39, 0.29) is 11.9 Å². The summed E-state index contributed by atoms with van der Waals surface area (Å²) in [6.07, 6.45) is 0.618. The Labute approximate surface area is 154 Å². The number of carbonyl (C=O) groups excluding carboxylic acids is 1. The number of para-hydroxylation sites is 1. The highest BCUT2D eigenvalue weighted by molar-refractivity contribution is 6.05. The Morgan fingerprint density at radius 3 is 2.69 bits per heavy atom. The number of hydrogen-bond acceptors (Lipinski definition) is 4. The van der Waals surface area contributed by atoms with Crippen molar-refractivity contribution in [3.63, 3.8) is 0 Å². The number of hydrogen-bond donors (Lipinski definition) is 1. The van der Waals surface area contributed by atoms with Gasteiger partial charge in [0.05, 0.1) is 18.9 Å². The van der Waals surface area contributed by atoms with Crippen molar-refractivity contribution in [3.05, 3.63) is 65.2 Å². The second kappa shape index (κ2) is 8.04. The van der Waals surface area contributed by atoms with Crippen molar-refractivity contribution < 1.29 is 14.4 Å². The number of benzene rings is 2. The zero-order valence-corrected chi connectivity index (χ0v) is 15.4. The third kappa shape index (κ3) is 3.87. The summed E-state index contributed by atoms with van der Waals surface area (Å²) in [5, 5.41) is 7.19. The van der Waals surface area contributed by atoms with Crippen LogP contribution in [0.4, 0.5) is 0 Å². The predicted molar refractivity (Wildman–Crippen MR) is 101 cm³/mol. The highest BCUT2D eigenvalue weighted by Gasteiger charge is 2.31. The molecular weight excluding hydrogens is 328 g/mol. The van der Waals surface area contributed by atoms with Crippen LogP contribution in [0.3, 0.4) is 0 Å². The summed E-state index contributed by atoms with van der Waals surface area (Å²) < 4.78 is 5.37. The van der Waals surface area contributed by atoms with Crippen LogP contribution in [0.25, 0.3) is 0 Å². The first-order valence-corrected chi connectivity index (χ1v) is 8.85. The highest BCUT2D eigenvalue weighted by Crippen LogP contribution is 2.25. The SMILES string of the molecule is CC[C@@H](NC(=O)[C@H]1CC(c2ccccc2OC)=NO1)c1ccc(C)cc1. The van der Waals surface area contributed by atoms with Crippen molar-refractivity contribution in [2.24, 2.45) is 5.16 Å². The Morgan fingerprint density at radius 2 is 2.00 bits per heavy atom. The summed E-state index contributed by atoms with van der Waals surface area (Å²) in [4.78, 5) is 18.0. The van der Waals surface area contributed by atoms with Gasteiger partial charge in [0.25, 0.3) is 5.91 Å². The fraction of sp³-hybridized carbons (Fsp3) is 0.333. The van der Waals surface area contributed by atoms with Gasteiger partial charge in [0.15, 0.2) is 0 Å². The summed E-state index contributed by atoms with van der Waals surface area (Å²) in [6.45, 7) is 4.10. The minimum atomic E-state index is -0.616. The molecule has 2 aromatic carbocycles. The molecule has 1 aliphatic rings. The first kappa shape index (κ1) is 18.0. The van der Waals surface area contributed by atoms with E-state index in [4.69, 9.17) is 9.57 Å². The fourth-order valence-electron chi connectivity index (χ4n) is 3.04. The Bertz CT molecular complexity index is 799. The molecule has 0 fully saturated rings. The lowest BCUT2D eigenvalue weighted by atomic mass is 10.0. The lowest BCUT2D eigenvalue weighted by Crippen LogP contribution is -2.37. The van der Waals surface area contributed by atoms with Gasteiger partial charge < -0.3 is 14.9 Å². The molecule has 0 aromatic heterocycles. The van der Waals surface area contributed by atoms with Gasteiger partial charge >= 0.3 is 0 Å². The second-order valence-electron chi connectivity index (χ2n) is 6.42. The van der Waals surface area contributed by atoms with Crippen LogP contribution in [0.15, 0.2) is 53.7 Å². The lowest BCUT2D eigenvalue weighted by Gasteiger charge is -2.19. The smallest absolute Gasteiger partial charge is 0.264 e. The maximum absolute atomic E-state index is 12.6. The minimum Gasteiger partial charge on any atom is -0.496 e. The number of carbonyl (C=O) groups is 1. The van der Waals surface area contributed by atoms with Crippen LogP contribution in [-0.4, -0.2) is 24.8 Å². The van der Waals surface area contributed by atoms with Crippen LogP contribution < -0.4 is 10.1 Å². The molecule has 2 aromatic rings. The number of ether oxygens (including phenoxy) is 1. The molecule has 1 heterocycles. The maximum Gasteiger partial charge on any atom is 0.264 e. The number of methoxy groups -OCH3 is 1. The average Bonchev–Trinajstić information content (AvgIpc) is 3.17. The van der Waals surface area contributed by atoms with E-state index in [0.29, 0.717) is 6.42 Å². The summed E-state index contributed by atoms with van der Waals surface area (Å²) >= 11 is 0. The van der Waals surface area contributed by atoms with Gasteiger partial charge in [-0.1, -0.05) is 54.0 Å². The van der Waals surface area contributed by atoms with Gasteiger partial charge in [-0.15, -0.1) is 0 Å². The molecule has 0 radical (unpaired) electrons. The average molecular weight is 352 g/mol. The standard InChI is InChI=1S/C21H24N2O3/c1-4-17(15-11-9-14(2)10-12-15)22-21(24)20-13-18(23-26-20)16-7-5-6-8-19(16)25-3/h5-12,17,20H,4,13H2,1-3H3,(H,22,24)/t17-,20-/m1/s1. The molecule has 26 heavy (non-hydrogen) atoms. The van der Waals surface area contributed by atoms with Gasteiger partial charge in [-0.25, -0.2) is 0 Å². The maximum atomic E-state index is 12.6. The molecule has 2 atom stereocenters. The van der Waals surface area contributed by atoms with Gasteiger partial charge in [0, 0.05) is 12.0 Å². The first-order chi connectivity index (χ1) is 12.6. The van der Waals surface area contributed by atoms with E-state index in [1.54, 1.807) is 7.11 Å². The van der Waals surface area contributed by atoms with Crippen LogP contribution in [0.5, 0.6) is 5.75 Å². The number of aryl methyl sites for hydroxylation is 1. The molecule has 1 N–H and O–H groups in total. The molecule has 0 unspecified atom stereocenters. The van der Waals surface area contributed by atoms with Crippen molar-refractivity contribution in [3.8, 4) is 5.75 Å². The molecule has 0 bridgehead atoms. The van der Waals surface area contributed by atoms with Crippen LogP contribution in [0, 0.1) is 6.92 Å². The third-order valence-electron chi connectivity index (χ3n) is 4.58. The van der Waals surface area contributed by atoms with E-state index < -0.39 is 6.10 Å². The monoisotopic (exact) mass is 352 g/mol. The normalized spacial score (nSPS) is 17.2. The lowest BCUT2D eigenvalue weighted by molar-refractivity contribution is -0.132. The van der Waals surface area contributed by atoms with Crippen LogP contribution in [0.1, 0.15) is 42.5 Å². The van der Waals surface area contributed by atoms with Gasteiger partial charge in [0.1, 0.15) is 5.75 Å². The zero-order valence-electron chi connectivity index (χ0n) is 15.4. The summed E-state index contributed by atoms with van der Waals surface area (Å²) in [6, 6.07) is 15.8. The van der Waals surface area contributed by atoms with E-state index >= 15 is 0 Å². The quantitative estimate of drug-likeness (QED) is 0.861. The minimum absolute atomic E-state index is 0.0398. The Morgan fingerprint density at radius 1 is 1.27 bits per heavy atom. The van der Waals surface area contributed by atoms with Gasteiger partial charge in [-0.2, -0.15) is 0 Å². The van der Waals surface area contributed by atoms with Crippen LogP contribution in [0.2, 0.25) is 0 Å². The Kier molecular flexibility index (Phi) is 5.56. The van der Waals surface area contributed by atoms with Crippen molar-refractivity contribution in [2.75, 3.05) is 7.11 Å². The zero-order chi connectivity index (χ0) is 18.5. The largest absolute Gasteiger partial charge is 0.496 e. The van der Waals surface area contributed by atoms with E-state index in [2.05, 4.69) is 41.7 Å². The predicted octanol–water partition coefficient (Wildman–Crippen LogP) is 3.76. The first-order valence-electron chi connectivity index (χ1n) is 8.85. The van der Waals surface area contributed by atoms with Crippen LogP contribution >= 0.6 is 0 Å². The van der Waals surface area contributed by atoms with Crippen LogP contribution in [-0.2, 0) is 9.63 Å². The highest BCUT2D eigenvalue weighted by atomic mass is 16.6. The summed E-state index contributed by atoms with van der Waals surface area (Å²) in [5.74, 6) is 0.577. The Balaban J connectivity index is 1.65. The third-order valence-corrected chi connectivity index (χ3v) is 4.58. The summed E-state index contributed by atoms with van der Waals surface area (Å²) in [7, 11) is 1.62. The van der Waals surface area contributed by atoms with E-state index in [1.165, 1.54) is 5.56 Å². The topological polar surface area (TPSA) is 59.9 Å². The van der Waals surface area contributed by atoms with Crippen molar-refractivity contribution in [1.82, 2.24) is 5.32 Å². The number of rotatable bonds is 6.